The summed E-state index contributed by atoms with van der Waals surface area (Å²) in [5.41, 5.74) is 4.34. The van der Waals surface area contributed by atoms with E-state index in [9.17, 15) is 13.2 Å². The number of allylic oxidation sites excluding steroid dienone is 2. The molecule has 0 fully saturated rings. The van der Waals surface area contributed by atoms with Crippen LogP contribution in [0.15, 0.2) is 91.0 Å². The molecule has 0 amide bonds. The maximum absolute atomic E-state index is 13.6. The van der Waals surface area contributed by atoms with Crippen LogP contribution in [0.3, 0.4) is 0 Å². The summed E-state index contributed by atoms with van der Waals surface area (Å²) in [6.07, 6.45) is 5.95. The smallest absolute Gasteiger partial charge is 0.170 e. The summed E-state index contributed by atoms with van der Waals surface area (Å²) in [6, 6.07) is 23.9. The molecule has 0 N–H and O–H groups in total. The van der Waals surface area contributed by atoms with Gasteiger partial charge < -0.3 is 0 Å². The van der Waals surface area contributed by atoms with Gasteiger partial charge in [0, 0.05) is 0 Å². The highest BCUT2D eigenvalue weighted by Crippen LogP contribution is 2.37. The molecule has 3 rings (SSSR count). The van der Waals surface area contributed by atoms with Gasteiger partial charge in [0.15, 0.2) is 0 Å². The number of rotatable bonds is 8. The molecule has 0 saturated carbocycles. The molecule has 0 unspecified atom stereocenters. The van der Waals surface area contributed by atoms with Crippen LogP contribution in [0.25, 0.3) is 12.2 Å². The second-order valence-electron chi connectivity index (χ2n) is 7.63. The van der Waals surface area contributed by atoms with Crippen molar-refractivity contribution in [3.63, 3.8) is 0 Å². The van der Waals surface area contributed by atoms with E-state index in [-0.39, 0.29) is 6.42 Å². The second kappa shape index (κ2) is 10.8. The number of halogens is 3. The van der Waals surface area contributed by atoms with Crippen molar-refractivity contribution < 1.29 is 13.2 Å². The third-order valence-electron chi connectivity index (χ3n) is 5.30. The quantitative estimate of drug-likeness (QED) is 0.254. The SMILES string of the molecule is CC=CCCc1ccc(C=Cc2ccc(C[C@@H](c3ccccc3)C(F)(F)F)cc2)cc1. The van der Waals surface area contributed by atoms with Crippen molar-refractivity contribution >= 4 is 12.2 Å². The fourth-order valence-corrected chi connectivity index (χ4v) is 3.51. The number of aryl methyl sites for hydroxylation is 1. The standard InChI is InChI=1S/C28H27F3/c1-2-3-5-8-22-11-13-23(14-12-22)15-16-24-17-19-25(20-18-24)21-27(28(29,30)31)26-9-6-4-7-10-26/h2-4,6-7,9-20,27H,5,8,21H2,1H3/t27-/m0/s1. The Labute approximate surface area is 182 Å². The Hall–Kier alpha value is -3.07. The molecule has 0 spiro atoms. The molecule has 0 aromatic heterocycles. The van der Waals surface area contributed by atoms with E-state index in [0.717, 1.165) is 24.0 Å². The number of hydrogen-bond donors (Lipinski definition) is 0. The lowest BCUT2D eigenvalue weighted by atomic mass is 9.91. The zero-order valence-corrected chi connectivity index (χ0v) is 17.6. The maximum Gasteiger partial charge on any atom is 0.396 e. The van der Waals surface area contributed by atoms with Crippen LogP contribution in [0.1, 0.15) is 47.1 Å². The fraction of sp³-hybridized carbons (Fsp3) is 0.214. The van der Waals surface area contributed by atoms with Crippen molar-refractivity contribution in [3.8, 4) is 0 Å². The summed E-state index contributed by atoms with van der Waals surface area (Å²) < 4.78 is 40.7. The molecule has 3 heteroatoms. The Morgan fingerprint density at radius 2 is 1.29 bits per heavy atom. The van der Waals surface area contributed by atoms with E-state index in [1.165, 1.54) is 5.56 Å². The van der Waals surface area contributed by atoms with Gasteiger partial charge >= 0.3 is 6.18 Å². The van der Waals surface area contributed by atoms with Gasteiger partial charge in [0.05, 0.1) is 5.92 Å². The number of alkyl halides is 3. The summed E-state index contributed by atoms with van der Waals surface area (Å²) >= 11 is 0. The molecular weight excluding hydrogens is 393 g/mol. The van der Waals surface area contributed by atoms with Crippen LogP contribution >= 0.6 is 0 Å². The fourth-order valence-electron chi connectivity index (χ4n) is 3.51. The van der Waals surface area contributed by atoms with Crippen LogP contribution in [-0.4, -0.2) is 6.18 Å². The first-order chi connectivity index (χ1) is 15.0. The minimum Gasteiger partial charge on any atom is -0.170 e. The maximum atomic E-state index is 13.6. The van der Waals surface area contributed by atoms with Crippen LogP contribution < -0.4 is 0 Å². The summed E-state index contributed by atoms with van der Waals surface area (Å²) in [5, 5.41) is 0. The molecule has 31 heavy (non-hydrogen) atoms. The van der Waals surface area contributed by atoms with Crippen molar-refractivity contribution in [1.82, 2.24) is 0 Å². The lowest BCUT2D eigenvalue weighted by Gasteiger charge is -2.21. The Morgan fingerprint density at radius 3 is 1.81 bits per heavy atom. The monoisotopic (exact) mass is 420 g/mol. The molecular formula is C28H27F3. The van der Waals surface area contributed by atoms with Crippen molar-refractivity contribution in [2.75, 3.05) is 0 Å². The Morgan fingerprint density at radius 1 is 0.742 bits per heavy atom. The van der Waals surface area contributed by atoms with E-state index in [1.807, 2.05) is 31.2 Å². The number of benzene rings is 3. The third-order valence-corrected chi connectivity index (χ3v) is 5.30. The number of hydrogen-bond acceptors (Lipinski definition) is 0. The highest BCUT2D eigenvalue weighted by Gasteiger charge is 2.40. The Kier molecular flexibility index (Phi) is 7.88. The predicted octanol–water partition coefficient (Wildman–Crippen LogP) is 8.25. The molecule has 0 aliphatic rings. The molecule has 0 aliphatic carbocycles. The predicted molar refractivity (Wildman–Crippen MR) is 124 cm³/mol. The molecule has 0 heterocycles. The van der Waals surface area contributed by atoms with E-state index in [0.29, 0.717) is 11.1 Å². The van der Waals surface area contributed by atoms with Gasteiger partial charge in [-0.3, -0.25) is 0 Å². The average molecular weight is 421 g/mol. The normalized spacial score (nSPS) is 13.2. The van der Waals surface area contributed by atoms with Crippen molar-refractivity contribution in [3.05, 3.63) is 119 Å². The molecule has 1 atom stereocenters. The zero-order chi connectivity index (χ0) is 22.1. The highest BCUT2D eigenvalue weighted by molar-refractivity contribution is 5.69. The van der Waals surface area contributed by atoms with E-state index >= 15 is 0 Å². The first-order valence-corrected chi connectivity index (χ1v) is 10.5. The van der Waals surface area contributed by atoms with E-state index in [4.69, 9.17) is 0 Å². The van der Waals surface area contributed by atoms with Gasteiger partial charge in [0.25, 0.3) is 0 Å². The van der Waals surface area contributed by atoms with Gasteiger partial charge in [-0.1, -0.05) is 103 Å². The van der Waals surface area contributed by atoms with Crippen LogP contribution in [0.5, 0.6) is 0 Å². The summed E-state index contributed by atoms with van der Waals surface area (Å²) in [7, 11) is 0. The van der Waals surface area contributed by atoms with Gasteiger partial charge in [0.2, 0.25) is 0 Å². The molecule has 0 bridgehead atoms. The second-order valence-corrected chi connectivity index (χ2v) is 7.63. The topological polar surface area (TPSA) is 0 Å². The van der Waals surface area contributed by atoms with Gasteiger partial charge in [-0.2, -0.15) is 13.2 Å². The van der Waals surface area contributed by atoms with E-state index < -0.39 is 12.1 Å². The lowest BCUT2D eigenvalue weighted by molar-refractivity contribution is -0.150. The Bertz CT molecular complexity index is 979. The molecule has 0 nitrogen and oxygen atoms in total. The first-order valence-electron chi connectivity index (χ1n) is 10.5. The Balaban J connectivity index is 1.64. The van der Waals surface area contributed by atoms with Crippen LogP contribution in [0, 0.1) is 0 Å². The van der Waals surface area contributed by atoms with Crippen molar-refractivity contribution in [1.29, 1.82) is 0 Å². The van der Waals surface area contributed by atoms with Gasteiger partial charge in [-0.05, 0) is 54.0 Å². The molecule has 3 aromatic rings. The van der Waals surface area contributed by atoms with Crippen LogP contribution in [0.2, 0.25) is 0 Å². The summed E-state index contributed by atoms with van der Waals surface area (Å²) in [5.74, 6) is -1.50. The summed E-state index contributed by atoms with van der Waals surface area (Å²) in [4.78, 5) is 0. The van der Waals surface area contributed by atoms with Crippen LogP contribution in [0.4, 0.5) is 13.2 Å². The average Bonchev–Trinajstić information content (AvgIpc) is 2.78. The van der Waals surface area contributed by atoms with E-state index in [1.54, 1.807) is 42.5 Å². The molecule has 0 aliphatic heterocycles. The van der Waals surface area contributed by atoms with Gasteiger partial charge in [-0.25, -0.2) is 0 Å². The highest BCUT2D eigenvalue weighted by atomic mass is 19.4. The van der Waals surface area contributed by atoms with Gasteiger partial charge in [-0.15, -0.1) is 0 Å². The van der Waals surface area contributed by atoms with Crippen molar-refractivity contribution in [2.24, 2.45) is 0 Å². The minimum absolute atomic E-state index is 0.0633. The van der Waals surface area contributed by atoms with Crippen molar-refractivity contribution in [2.45, 2.75) is 38.3 Å². The first kappa shape index (κ1) is 22.6. The largest absolute Gasteiger partial charge is 0.396 e. The molecule has 0 saturated heterocycles. The summed E-state index contributed by atoms with van der Waals surface area (Å²) in [6.45, 7) is 2.03. The third kappa shape index (κ3) is 6.99. The molecule has 3 aromatic carbocycles. The van der Waals surface area contributed by atoms with Crippen LogP contribution in [-0.2, 0) is 12.8 Å². The molecule has 0 radical (unpaired) electrons. The zero-order valence-electron chi connectivity index (χ0n) is 17.6. The molecule has 160 valence electrons. The minimum atomic E-state index is -4.28. The van der Waals surface area contributed by atoms with Gasteiger partial charge in [0.1, 0.15) is 0 Å². The lowest BCUT2D eigenvalue weighted by Crippen LogP contribution is -2.22. The van der Waals surface area contributed by atoms with E-state index in [2.05, 4.69) is 36.4 Å².